The standard InChI is InChI=1S/C14H19NO/c1-10-2-3-12-11(8-10)13(16)9-14(12)4-6-15-7-5-14/h2-3,8,13,15-16H,4-7,9H2,1H3. The minimum atomic E-state index is -0.243. The summed E-state index contributed by atoms with van der Waals surface area (Å²) in [5.74, 6) is 0. The van der Waals surface area contributed by atoms with Crippen molar-refractivity contribution in [1.82, 2.24) is 5.32 Å². The van der Waals surface area contributed by atoms with E-state index in [1.807, 2.05) is 0 Å². The maximum atomic E-state index is 10.2. The lowest BCUT2D eigenvalue weighted by Gasteiger charge is -2.35. The Kier molecular flexibility index (Phi) is 2.30. The summed E-state index contributed by atoms with van der Waals surface area (Å²) in [6.07, 6.45) is 3.02. The Hall–Kier alpha value is -0.860. The normalized spacial score (nSPS) is 27.0. The maximum Gasteiger partial charge on any atom is 0.0801 e. The lowest BCUT2D eigenvalue weighted by Crippen LogP contribution is -2.38. The second-order valence-electron chi connectivity index (χ2n) is 5.34. The zero-order valence-corrected chi connectivity index (χ0v) is 9.79. The first kappa shape index (κ1) is 10.3. The van der Waals surface area contributed by atoms with Crippen molar-refractivity contribution in [2.24, 2.45) is 0 Å². The molecule has 0 amide bonds. The number of nitrogens with one attached hydrogen (secondary N) is 1. The number of hydrogen-bond donors (Lipinski definition) is 2. The van der Waals surface area contributed by atoms with Gasteiger partial charge in [0.1, 0.15) is 0 Å². The van der Waals surface area contributed by atoms with E-state index in [4.69, 9.17) is 0 Å². The number of aryl methyl sites for hydroxylation is 1. The average molecular weight is 217 g/mol. The molecule has 0 radical (unpaired) electrons. The third-order valence-corrected chi connectivity index (χ3v) is 4.28. The van der Waals surface area contributed by atoms with Crippen molar-refractivity contribution in [2.45, 2.75) is 37.7 Å². The van der Waals surface area contributed by atoms with Gasteiger partial charge in [-0.1, -0.05) is 23.8 Å². The average Bonchev–Trinajstić information content (AvgIpc) is 2.53. The van der Waals surface area contributed by atoms with Crippen LogP contribution in [-0.2, 0) is 5.41 Å². The molecule has 2 heteroatoms. The SMILES string of the molecule is Cc1ccc2c(c1)C(O)CC21CCNCC1. The molecule has 1 fully saturated rings. The van der Waals surface area contributed by atoms with Crippen LogP contribution < -0.4 is 5.32 Å². The van der Waals surface area contributed by atoms with Crippen molar-refractivity contribution in [3.8, 4) is 0 Å². The van der Waals surface area contributed by atoms with Gasteiger partial charge < -0.3 is 10.4 Å². The van der Waals surface area contributed by atoms with Gasteiger partial charge in [-0.15, -0.1) is 0 Å². The Morgan fingerprint density at radius 3 is 2.81 bits per heavy atom. The highest BCUT2D eigenvalue weighted by Gasteiger charge is 2.43. The lowest BCUT2D eigenvalue weighted by molar-refractivity contribution is 0.142. The number of fused-ring (bicyclic) bond motifs is 2. The molecule has 0 aromatic heterocycles. The van der Waals surface area contributed by atoms with Gasteiger partial charge in [0.2, 0.25) is 0 Å². The second-order valence-corrected chi connectivity index (χ2v) is 5.34. The number of aliphatic hydroxyl groups excluding tert-OH is 1. The third kappa shape index (κ3) is 1.40. The van der Waals surface area contributed by atoms with Crippen LogP contribution in [0.2, 0.25) is 0 Å². The summed E-state index contributed by atoms with van der Waals surface area (Å²) in [4.78, 5) is 0. The van der Waals surface area contributed by atoms with Crippen molar-refractivity contribution in [2.75, 3.05) is 13.1 Å². The first-order valence-electron chi connectivity index (χ1n) is 6.21. The molecule has 0 bridgehead atoms. The van der Waals surface area contributed by atoms with Crippen molar-refractivity contribution >= 4 is 0 Å². The quantitative estimate of drug-likeness (QED) is 0.697. The number of aliphatic hydroxyl groups is 1. The first-order valence-corrected chi connectivity index (χ1v) is 6.21. The van der Waals surface area contributed by atoms with Crippen LogP contribution in [0, 0.1) is 6.92 Å². The maximum absolute atomic E-state index is 10.2. The van der Waals surface area contributed by atoms with Crippen molar-refractivity contribution < 1.29 is 5.11 Å². The van der Waals surface area contributed by atoms with Crippen molar-refractivity contribution in [3.05, 3.63) is 34.9 Å². The molecule has 0 saturated carbocycles. The van der Waals surface area contributed by atoms with Crippen LogP contribution in [0.1, 0.15) is 42.1 Å². The largest absolute Gasteiger partial charge is 0.388 e. The number of piperidine rings is 1. The monoisotopic (exact) mass is 217 g/mol. The molecule has 16 heavy (non-hydrogen) atoms. The highest BCUT2D eigenvalue weighted by atomic mass is 16.3. The second kappa shape index (κ2) is 3.57. The lowest BCUT2D eigenvalue weighted by atomic mass is 9.74. The van der Waals surface area contributed by atoms with Crippen molar-refractivity contribution in [1.29, 1.82) is 0 Å². The molecule has 1 spiro atoms. The Balaban J connectivity index is 2.07. The molecular formula is C14H19NO. The molecule has 1 unspecified atom stereocenters. The Bertz CT molecular complexity index is 407. The third-order valence-electron chi connectivity index (χ3n) is 4.28. The molecule has 1 atom stereocenters. The van der Waals surface area contributed by atoms with Gasteiger partial charge in [-0.05, 0) is 50.4 Å². The molecule has 1 heterocycles. The number of rotatable bonds is 0. The summed E-state index contributed by atoms with van der Waals surface area (Å²) < 4.78 is 0. The van der Waals surface area contributed by atoms with E-state index in [-0.39, 0.29) is 11.5 Å². The zero-order valence-electron chi connectivity index (χ0n) is 9.79. The number of hydrogen-bond acceptors (Lipinski definition) is 2. The molecule has 1 saturated heterocycles. The van der Waals surface area contributed by atoms with Crippen LogP contribution in [0.3, 0.4) is 0 Å². The van der Waals surface area contributed by atoms with Crippen LogP contribution in [0.5, 0.6) is 0 Å². The Morgan fingerprint density at radius 2 is 2.06 bits per heavy atom. The Labute approximate surface area is 96.7 Å². The minimum absolute atomic E-state index is 0.243. The van der Waals surface area contributed by atoms with Gasteiger partial charge in [0.15, 0.2) is 0 Å². The predicted molar refractivity (Wildman–Crippen MR) is 64.5 cm³/mol. The summed E-state index contributed by atoms with van der Waals surface area (Å²) in [6, 6.07) is 6.59. The summed E-state index contributed by atoms with van der Waals surface area (Å²) in [6.45, 7) is 4.26. The minimum Gasteiger partial charge on any atom is -0.388 e. The summed E-state index contributed by atoms with van der Waals surface area (Å²) in [5.41, 5.74) is 4.10. The number of benzene rings is 1. The van der Waals surface area contributed by atoms with Gasteiger partial charge >= 0.3 is 0 Å². The van der Waals surface area contributed by atoms with Gasteiger partial charge in [-0.2, -0.15) is 0 Å². The van der Waals surface area contributed by atoms with Gasteiger partial charge in [0, 0.05) is 5.41 Å². The fourth-order valence-corrected chi connectivity index (χ4v) is 3.41. The molecule has 1 aromatic carbocycles. The van der Waals surface area contributed by atoms with Crippen LogP contribution in [0.15, 0.2) is 18.2 Å². The van der Waals surface area contributed by atoms with E-state index in [0.29, 0.717) is 0 Å². The topological polar surface area (TPSA) is 32.3 Å². The highest BCUT2D eigenvalue weighted by molar-refractivity contribution is 5.43. The first-order chi connectivity index (χ1) is 7.71. The molecule has 2 nitrogen and oxygen atoms in total. The van der Waals surface area contributed by atoms with E-state index in [1.54, 1.807) is 0 Å². The van der Waals surface area contributed by atoms with E-state index in [0.717, 1.165) is 19.5 Å². The van der Waals surface area contributed by atoms with Crippen molar-refractivity contribution in [3.63, 3.8) is 0 Å². The molecular weight excluding hydrogens is 198 g/mol. The van der Waals surface area contributed by atoms with Crippen LogP contribution in [0.25, 0.3) is 0 Å². The molecule has 1 aliphatic heterocycles. The van der Waals surface area contributed by atoms with E-state index < -0.39 is 0 Å². The molecule has 2 N–H and O–H groups in total. The van der Waals surface area contributed by atoms with Crippen LogP contribution in [-0.4, -0.2) is 18.2 Å². The Morgan fingerprint density at radius 1 is 1.31 bits per heavy atom. The van der Waals surface area contributed by atoms with E-state index >= 15 is 0 Å². The van der Waals surface area contributed by atoms with Crippen LogP contribution >= 0.6 is 0 Å². The van der Waals surface area contributed by atoms with Gasteiger partial charge in [0.25, 0.3) is 0 Å². The molecule has 1 aliphatic carbocycles. The molecule has 1 aromatic rings. The smallest absolute Gasteiger partial charge is 0.0801 e. The van der Waals surface area contributed by atoms with E-state index in [1.165, 1.54) is 29.5 Å². The molecule has 2 aliphatic rings. The van der Waals surface area contributed by atoms with E-state index in [2.05, 4.69) is 30.4 Å². The summed E-state index contributed by atoms with van der Waals surface area (Å²) in [5, 5.41) is 13.6. The molecule has 86 valence electrons. The highest BCUT2D eigenvalue weighted by Crippen LogP contribution is 2.49. The summed E-state index contributed by atoms with van der Waals surface area (Å²) >= 11 is 0. The van der Waals surface area contributed by atoms with Gasteiger partial charge in [-0.25, -0.2) is 0 Å². The zero-order chi connectivity index (χ0) is 11.2. The van der Waals surface area contributed by atoms with E-state index in [9.17, 15) is 5.11 Å². The molecule has 3 rings (SSSR count). The van der Waals surface area contributed by atoms with Gasteiger partial charge in [-0.3, -0.25) is 0 Å². The van der Waals surface area contributed by atoms with Gasteiger partial charge in [0.05, 0.1) is 6.10 Å². The predicted octanol–water partition coefficient (Wildman–Crippen LogP) is 2.05. The fraction of sp³-hybridized carbons (Fsp3) is 0.571. The fourth-order valence-electron chi connectivity index (χ4n) is 3.41. The summed E-state index contributed by atoms with van der Waals surface area (Å²) in [7, 11) is 0. The van der Waals surface area contributed by atoms with Crippen LogP contribution in [0.4, 0.5) is 0 Å².